The standard InChI is InChI=1S/C10H13N3OS2/c1-14-8-4-3-7-9(12-8)13(5-6-16-2)10(15)11-7/h3-4H,5-6H2,1-2H3,(H,11,15). The summed E-state index contributed by atoms with van der Waals surface area (Å²) >= 11 is 7.05. The van der Waals surface area contributed by atoms with Crippen LogP contribution in [0.2, 0.25) is 0 Å². The van der Waals surface area contributed by atoms with Gasteiger partial charge in [-0.15, -0.1) is 0 Å². The molecule has 0 atom stereocenters. The maximum absolute atomic E-state index is 5.26. The minimum Gasteiger partial charge on any atom is -0.481 e. The third-order valence-electron chi connectivity index (χ3n) is 2.32. The lowest BCUT2D eigenvalue weighted by molar-refractivity contribution is 0.399. The Morgan fingerprint density at radius 3 is 3.06 bits per heavy atom. The molecule has 6 heteroatoms. The van der Waals surface area contributed by atoms with Gasteiger partial charge in [0.2, 0.25) is 5.88 Å². The number of hydrogen-bond acceptors (Lipinski definition) is 4. The summed E-state index contributed by atoms with van der Waals surface area (Å²) in [6.07, 6.45) is 2.08. The third kappa shape index (κ3) is 2.08. The van der Waals surface area contributed by atoms with E-state index in [2.05, 4.69) is 16.2 Å². The van der Waals surface area contributed by atoms with Crippen molar-refractivity contribution in [2.75, 3.05) is 19.1 Å². The Labute approximate surface area is 103 Å². The van der Waals surface area contributed by atoms with Crippen LogP contribution in [0.4, 0.5) is 0 Å². The van der Waals surface area contributed by atoms with Crippen molar-refractivity contribution in [2.45, 2.75) is 6.54 Å². The summed E-state index contributed by atoms with van der Waals surface area (Å²) in [5, 5.41) is 0. The van der Waals surface area contributed by atoms with Crippen LogP contribution in [-0.2, 0) is 6.54 Å². The Bertz CT molecular complexity index is 546. The summed E-state index contributed by atoms with van der Waals surface area (Å²) in [7, 11) is 1.61. The minimum absolute atomic E-state index is 0.611. The normalized spacial score (nSPS) is 10.9. The SMILES string of the molecule is COc1ccc2[nH]c(=S)n(CCSC)c2n1. The Hall–Kier alpha value is -1.01. The summed E-state index contributed by atoms with van der Waals surface area (Å²) < 4.78 is 7.83. The maximum Gasteiger partial charge on any atom is 0.215 e. The van der Waals surface area contributed by atoms with Gasteiger partial charge in [0.15, 0.2) is 10.4 Å². The molecule has 0 saturated carbocycles. The zero-order valence-electron chi connectivity index (χ0n) is 9.19. The molecule has 1 N–H and O–H groups in total. The average molecular weight is 255 g/mol. The van der Waals surface area contributed by atoms with Gasteiger partial charge in [0.1, 0.15) is 0 Å². The monoisotopic (exact) mass is 255 g/mol. The van der Waals surface area contributed by atoms with Crippen LogP contribution in [0.5, 0.6) is 5.88 Å². The lowest BCUT2D eigenvalue weighted by atomic mass is 10.4. The molecule has 16 heavy (non-hydrogen) atoms. The van der Waals surface area contributed by atoms with Gasteiger partial charge in [-0.05, 0) is 24.5 Å². The minimum atomic E-state index is 0.611. The number of ether oxygens (including phenoxy) is 1. The molecule has 0 saturated heterocycles. The van der Waals surface area contributed by atoms with E-state index in [0.29, 0.717) is 10.7 Å². The molecule has 0 unspecified atom stereocenters. The second-order valence-electron chi connectivity index (χ2n) is 3.30. The maximum atomic E-state index is 5.26. The molecule has 0 aliphatic carbocycles. The van der Waals surface area contributed by atoms with E-state index in [-0.39, 0.29) is 0 Å². The van der Waals surface area contributed by atoms with Gasteiger partial charge in [-0.3, -0.25) is 0 Å². The summed E-state index contributed by atoms with van der Waals surface area (Å²) in [4.78, 5) is 7.54. The number of nitrogens with zero attached hydrogens (tertiary/aromatic N) is 2. The largest absolute Gasteiger partial charge is 0.481 e. The number of nitrogens with one attached hydrogen (secondary N) is 1. The molecule has 4 nitrogen and oxygen atoms in total. The number of rotatable bonds is 4. The molecular formula is C10H13N3OS2. The second-order valence-corrected chi connectivity index (χ2v) is 4.67. The second kappa shape index (κ2) is 4.88. The van der Waals surface area contributed by atoms with Crippen molar-refractivity contribution in [1.29, 1.82) is 0 Å². The van der Waals surface area contributed by atoms with E-state index < -0.39 is 0 Å². The average Bonchev–Trinajstić information content (AvgIpc) is 2.61. The van der Waals surface area contributed by atoms with Crippen molar-refractivity contribution in [3.63, 3.8) is 0 Å². The number of aromatic nitrogens is 3. The van der Waals surface area contributed by atoms with Crippen LogP contribution in [0.15, 0.2) is 12.1 Å². The Morgan fingerprint density at radius 1 is 1.56 bits per heavy atom. The fourth-order valence-corrected chi connectivity index (χ4v) is 2.17. The number of aryl methyl sites for hydroxylation is 1. The fraction of sp³-hybridized carbons (Fsp3) is 0.400. The molecule has 0 spiro atoms. The highest BCUT2D eigenvalue weighted by Crippen LogP contribution is 2.16. The molecule has 86 valence electrons. The summed E-state index contributed by atoms with van der Waals surface area (Å²) in [5.74, 6) is 1.62. The highest BCUT2D eigenvalue weighted by Gasteiger charge is 2.06. The van der Waals surface area contributed by atoms with Crippen molar-refractivity contribution in [2.24, 2.45) is 0 Å². The van der Waals surface area contributed by atoms with E-state index in [4.69, 9.17) is 17.0 Å². The van der Waals surface area contributed by atoms with Gasteiger partial charge in [0.05, 0.1) is 12.6 Å². The molecular weight excluding hydrogens is 242 g/mol. The molecule has 2 aromatic rings. The van der Waals surface area contributed by atoms with Crippen molar-refractivity contribution >= 4 is 35.1 Å². The molecule has 0 fully saturated rings. The van der Waals surface area contributed by atoms with E-state index in [0.717, 1.165) is 23.5 Å². The number of fused-ring (bicyclic) bond motifs is 1. The fourth-order valence-electron chi connectivity index (χ4n) is 1.52. The van der Waals surface area contributed by atoms with Crippen LogP contribution in [0.3, 0.4) is 0 Å². The van der Waals surface area contributed by atoms with Crippen LogP contribution in [-0.4, -0.2) is 33.7 Å². The molecule has 2 aromatic heterocycles. The van der Waals surface area contributed by atoms with E-state index in [9.17, 15) is 0 Å². The number of thioether (sulfide) groups is 1. The van der Waals surface area contributed by atoms with Gasteiger partial charge < -0.3 is 14.3 Å². The molecule has 0 aliphatic rings. The van der Waals surface area contributed by atoms with E-state index in [1.54, 1.807) is 18.9 Å². The summed E-state index contributed by atoms with van der Waals surface area (Å²) in [5.41, 5.74) is 1.81. The smallest absolute Gasteiger partial charge is 0.215 e. The number of H-pyrrole nitrogens is 1. The topological polar surface area (TPSA) is 42.8 Å². The number of hydrogen-bond donors (Lipinski definition) is 1. The molecule has 0 radical (unpaired) electrons. The van der Waals surface area contributed by atoms with Gasteiger partial charge in [-0.1, -0.05) is 0 Å². The van der Waals surface area contributed by atoms with E-state index >= 15 is 0 Å². The highest BCUT2D eigenvalue weighted by molar-refractivity contribution is 7.98. The molecule has 0 aromatic carbocycles. The van der Waals surface area contributed by atoms with Gasteiger partial charge in [-0.2, -0.15) is 16.7 Å². The van der Waals surface area contributed by atoms with Crippen molar-refractivity contribution in [3.05, 3.63) is 16.9 Å². The highest BCUT2D eigenvalue weighted by atomic mass is 32.2. The lowest BCUT2D eigenvalue weighted by Crippen LogP contribution is -2.01. The Kier molecular flexibility index (Phi) is 3.50. The predicted octanol–water partition coefficient (Wildman–Crippen LogP) is 2.47. The first kappa shape index (κ1) is 11.5. The number of aromatic amines is 1. The Morgan fingerprint density at radius 2 is 2.38 bits per heavy atom. The first-order valence-electron chi connectivity index (χ1n) is 4.88. The summed E-state index contributed by atoms with van der Waals surface area (Å²) in [6.45, 7) is 0.861. The first-order chi connectivity index (χ1) is 7.76. The van der Waals surface area contributed by atoms with Gasteiger partial charge in [0.25, 0.3) is 0 Å². The van der Waals surface area contributed by atoms with Gasteiger partial charge in [0, 0.05) is 18.4 Å². The number of imidazole rings is 1. The third-order valence-corrected chi connectivity index (χ3v) is 3.23. The molecule has 0 amide bonds. The lowest BCUT2D eigenvalue weighted by Gasteiger charge is -2.03. The Balaban J connectivity index is 2.52. The van der Waals surface area contributed by atoms with E-state index in [1.165, 1.54) is 0 Å². The predicted molar refractivity (Wildman–Crippen MR) is 69.9 cm³/mol. The zero-order chi connectivity index (χ0) is 11.5. The van der Waals surface area contributed by atoms with Gasteiger partial charge in [-0.25, -0.2) is 0 Å². The number of methoxy groups -OCH3 is 1. The van der Waals surface area contributed by atoms with E-state index in [1.807, 2.05) is 16.7 Å². The molecule has 0 aliphatic heterocycles. The van der Waals surface area contributed by atoms with Crippen molar-refractivity contribution < 1.29 is 4.74 Å². The number of pyridine rings is 1. The molecule has 2 rings (SSSR count). The summed E-state index contributed by atoms with van der Waals surface area (Å²) in [6, 6.07) is 3.76. The zero-order valence-corrected chi connectivity index (χ0v) is 10.8. The first-order valence-corrected chi connectivity index (χ1v) is 6.69. The molecule has 2 heterocycles. The quantitative estimate of drug-likeness (QED) is 0.852. The molecule has 0 bridgehead atoms. The van der Waals surface area contributed by atoms with Crippen molar-refractivity contribution in [1.82, 2.24) is 14.5 Å². The van der Waals surface area contributed by atoms with Crippen LogP contribution in [0, 0.1) is 4.77 Å². The van der Waals surface area contributed by atoms with Crippen LogP contribution < -0.4 is 4.74 Å². The van der Waals surface area contributed by atoms with Crippen LogP contribution in [0.25, 0.3) is 11.2 Å². The van der Waals surface area contributed by atoms with Gasteiger partial charge >= 0.3 is 0 Å². The van der Waals surface area contributed by atoms with Crippen molar-refractivity contribution in [3.8, 4) is 5.88 Å². The van der Waals surface area contributed by atoms with Crippen LogP contribution in [0.1, 0.15) is 0 Å². The van der Waals surface area contributed by atoms with Crippen LogP contribution >= 0.6 is 24.0 Å².